The van der Waals surface area contributed by atoms with Crippen molar-refractivity contribution in [3.05, 3.63) is 52.1 Å². The van der Waals surface area contributed by atoms with Gasteiger partial charge in [0, 0.05) is 10.5 Å². The van der Waals surface area contributed by atoms with Gasteiger partial charge in [-0.05, 0) is 23.8 Å². The maximum atomic E-state index is 5.62. The minimum atomic E-state index is 0.360. The zero-order chi connectivity index (χ0) is 12.1. The molecule has 0 saturated heterocycles. The van der Waals surface area contributed by atoms with Crippen LogP contribution < -0.4 is 4.74 Å². The van der Waals surface area contributed by atoms with Crippen LogP contribution in [0.4, 0.5) is 0 Å². The third-order valence-electron chi connectivity index (χ3n) is 2.11. The van der Waals surface area contributed by atoms with Crippen LogP contribution in [0.1, 0.15) is 11.3 Å². The zero-order valence-electron chi connectivity index (χ0n) is 8.94. The topological polar surface area (TPSA) is 35.0 Å². The van der Waals surface area contributed by atoms with E-state index < -0.39 is 0 Å². The largest absolute Gasteiger partial charge is 0.472 e. The summed E-state index contributed by atoms with van der Waals surface area (Å²) in [5.74, 6) is 0.859. The molecular weight excluding hydrogens is 304 g/mol. The van der Waals surface area contributed by atoms with Crippen molar-refractivity contribution < 1.29 is 4.74 Å². The third-order valence-corrected chi connectivity index (χ3v) is 2.88. The molecule has 0 spiro atoms. The smallest absolute Gasteiger partial charge is 0.233 e. The van der Waals surface area contributed by atoms with E-state index in [2.05, 4.69) is 26.1 Å². The molecule has 0 aliphatic carbocycles. The van der Waals surface area contributed by atoms with Crippen molar-refractivity contribution >= 4 is 27.5 Å². The van der Waals surface area contributed by atoms with Gasteiger partial charge in [0.15, 0.2) is 0 Å². The van der Waals surface area contributed by atoms with Crippen LogP contribution in [-0.2, 0) is 12.5 Å². The highest BCUT2D eigenvalue weighted by Crippen LogP contribution is 2.14. The molecule has 2 rings (SSSR count). The number of aromatic nitrogens is 2. The Morgan fingerprint density at radius 1 is 1.18 bits per heavy atom. The molecule has 0 fully saturated rings. The van der Waals surface area contributed by atoms with Crippen molar-refractivity contribution in [3.63, 3.8) is 0 Å². The van der Waals surface area contributed by atoms with Gasteiger partial charge in [-0.25, -0.2) is 0 Å². The Labute approximate surface area is 113 Å². The first-order valence-corrected chi connectivity index (χ1v) is 6.36. The lowest BCUT2D eigenvalue weighted by molar-refractivity contribution is 0.290. The van der Waals surface area contributed by atoms with E-state index in [0.29, 0.717) is 18.4 Å². The first-order valence-electron chi connectivity index (χ1n) is 5.04. The van der Waals surface area contributed by atoms with E-state index in [-0.39, 0.29) is 0 Å². The first kappa shape index (κ1) is 12.3. The molecule has 0 bridgehead atoms. The number of alkyl halides is 1. The Bertz CT molecular complexity index is 490. The fourth-order valence-electron chi connectivity index (χ4n) is 1.28. The summed E-state index contributed by atoms with van der Waals surface area (Å²) < 4.78 is 6.54. The summed E-state index contributed by atoms with van der Waals surface area (Å²) in [6, 6.07) is 11.5. The molecule has 3 nitrogen and oxygen atoms in total. The Morgan fingerprint density at radius 2 is 2.06 bits per heavy atom. The van der Waals surface area contributed by atoms with E-state index in [1.54, 1.807) is 12.1 Å². The number of ether oxygens (including phenoxy) is 1. The van der Waals surface area contributed by atoms with Gasteiger partial charge in [-0.1, -0.05) is 28.1 Å². The lowest BCUT2D eigenvalue weighted by atomic mass is 10.2. The number of nitrogens with zero attached hydrogens (tertiary/aromatic N) is 2. The molecule has 1 aromatic carbocycles. The minimum Gasteiger partial charge on any atom is -0.472 e. The van der Waals surface area contributed by atoms with Gasteiger partial charge in [0.2, 0.25) is 5.88 Å². The van der Waals surface area contributed by atoms with E-state index in [1.165, 1.54) is 0 Å². The molecule has 17 heavy (non-hydrogen) atoms. The molecule has 88 valence electrons. The molecule has 0 saturated carbocycles. The molecule has 0 N–H and O–H groups in total. The number of halogens is 2. The van der Waals surface area contributed by atoms with Crippen LogP contribution in [-0.4, -0.2) is 10.2 Å². The maximum Gasteiger partial charge on any atom is 0.233 e. The van der Waals surface area contributed by atoms with Crippen molar-refractivity contribution in [2.24, 2.45) is 0 Å². The molecule has 0 unspecified atom stereocenters. The molecule has 0 aliphatic rings. The van der Waals surface area contributed by atoms with Gasteiger partial charge in [0.05, 0.1) is 11.6 Å². The average molecular weight is 314 g/mol. The number of benzene rings is 1. The summed E-state index contributed by atoms with van der Waals surface area (Å²) in [6.07, 6.45) is 0. The van der Waals surface area contributed by atoms with E-state index in [4.69, 9.17) is 16.3 Å². The molecule has 0 amide bonds. The Balaban J connectivity index is 1.97. The van der Waals surface area contributed by atoms with Crippen molar-refractivity contribution in [2.45, 2.75) is 12.5 Å². The Morgan fingerprint density at radius 3 is 2.71 bits per heavy atom. The molecule has 1 heterocycles. The molecule has 0 radical (unpaired) electrons. The van der Waals surface area contributed by atoms with Crippen LogP contribution in [0, 0.1) is 0 Å². The molecule has 5 heteroatoms. The maximum absolute atomic E-state index is 5.62. The van der Waals surface area contributed by atoms with Crippen molar-refractivity contribution in [1.29, 1.82) is 0 Å². The second-order valence-electron chi connectivity index (χ2n) is 3.42. The molecule has 0 atom stereocenters. The van der Waals surface area contributed by atoms with E-state index in [9.17, 15) is 0 Å². The number of hydrogen-bond acceptors (Lipinski definition) is 3. The van der Waals surface area contributed by atoms with E-state index in [1.807, 2.05) is 24.3 Å². The fourth-order valence-corrected chi connectivity index (χ4v) is 1.87. The Kier molecular flexibility index (Phi) is 4.34. The SMILES string of the molecule is ClCc1ccc(OCc2cccc(Br)c2)nn1. The monoisotopic (exact) mass is 312 g/mol. The molecule has 0 aliphatic heterocycles. The highest BCUT2D eigenvalue weighted by atomic mass is 79.9. The van der Waals surface area contributed by atoms with Crippen molar-refractivity contribution in [2.75, 3.05) is 0 Å². The lowest BCUT2D eigenvalue weighted by Gasteiger charge is -2.05. The summed E-state index contributed by atoms with van der Waals surface area (Å²) in [5, 5.41) is 7.83. The first-order chi connectivity index (χ1) is 8.28. The standard InChI is InChI=1S/C12H10BrClN2O/c13-10-3-1-2-9(6-10)8-17-12-5-4-11(7-14)15-16-12/h1-6H,7-8H2. The lowest BCUT2D eigenvalue weighted by Crippen LogP contribution is -1.99. The molecule has 1 aromatic heterocycles. The average Bonchev–Trinajstić information content (AvgIpc) is 2.37. The number of rotatable bonds is 4. The summed E-state index contributed by atoms with van der Waals surface area (Å²) in [5.41, 5.74) is 1.81. The van der Waals surface area contributed by atoms with Crippen LogP contribution in [0.25, 0.3) is 0 Å². The number of hydrogen-bond donors (Lipinski definition) is 0. The fraction of sp³-hybridized carbons (Fsp3) is 0.167. The normalized spacial score (nSPS) is 10.2. The summed E-state index contributed by atoms with van der Waals surface area (Å²) >= 11 is 9.03. The molecular formula is C12H10BrClN2O. The predicted molar refractivity (Wildman–Crippen MR) is 70.1 cm³/mol. The van der Waals surface area contributed by atoms with Gasteiger partial charge in [0.1, 0.15) is 6.61 Å². The third kappa shape index (κ3) is 3.68. The highest BCUT2D eigenvalue weighted by molar-refractivity contribution is 9.10. The zero-order valence-corrected chi connectivity index (χ0v) is 11.3. The van der Waals surface area contributed by atoms with Gasteiger partial charge in [0.25, 0.3) is 0 Å². The van der Waals surface area contributed by atoms with E-state index in [0.717, 1.165) is 15.7 Å². The summed E-state index contributed by atoms with van der Waals surface area (Å²) in [7, 11) is 0. The van der Waals surface area contributed by atoms with Crippen LogP contribution in [0.5, 0.6) is 5.88 Å². The quantitative estimate of drug-likeness (QED) is 0.810. The van der Waals surface area contributed by atoms with Crippen LogP contribution in [0.15, 0.2) is 40.9 Å². The van der Waals surface area contributed by atoms with Gasteiger partial charge < -0.3 is 4.74 Å². The predicted octanol–water partition coefficient (Wildman–Crippen LogP) is 3.56. The van der Waals surface area contributed by atoms with Crippen molar-refractivity contribution in [3.8, 4) is 5.88 Å². The van der Waals surface area contributed by atoms with Crippen LogP contribution in [0.2, 0.25) is 0 Å². The second kappa shape index (κ2) is 5.98. The van der Waals surface area contributed by atoms with Gasteiger partial charge in [-0.15, -0.1) is 16.7 Å². The molecule has 2 aromatic rings. The van der Waals surface area contributed by atoms with E-state index >= 15 is 0 Å². The van der Waals surface area contributed by atoms with Gasteiger partial charge in [-0.3, -0.25) is 0 Å². The minimum absolute atomic E-state index is 0.360. The van der Waals surface area contributed by atoms with Gasteiger partial charge in [-0.2, -0.15) is 5.10 Å². The van der Waals surface area contributed by atoms with Crippen LogP contribution in [0.3, 0.4) is 0 Å². The second-order valence-corrected chi connectivity index (χ2v) is 4.60. The van der Waals surface area contributed by atoms with Crippen molar-refractivity contribution in [1.82, 2.24) is 10.2 Å². The highest BCUT2D eigenvalue weighted by Gasteiger charge is 1.99. The Hall–Kier alpha value is -1.13. The summed E-state index contributed by atoms with van der Waals surface area (Å²) in [6.45, 7) is 0.467. The van der Waals surface area contributed by atoms with Gasteiger partial charge >= 0.3 is 0 Å². The van der Waals surface area contributed by atoms with Crippen LogP contribution >= 0.6 is 27.5 Å². The summed E-state index contributed by atoms with van der Waals surface area (Å²) in [4.78, 5) is 0.